The van der Waals surface area contributed by atoms with Crippen LogP contribution in [0.5, 0.6) is 0 Å². The number of sulfonamides is 1. The van der Waals surface area contributed by atoms with Gasteiger partial charge in [-0.05, 0) is 51.9 Å². The van der Waals surface area contributed by atoms with Crippen molar-refractivity contribution in [3.05, 3.63) is 24.0 Å². The monoisotopic (exact) mass is 520 g/mol. The number of likely N-dealkylation sites (tertiary alicyclic amines) is 1. The lowest BCUT2D eigenvalue weighted by atomic mass is 9.86. The van der Waals surface area contributed by atoms with E-state index in [0.29, 0.717) is 18.7 Å². The largest absolute Gasteiger partial charge is 0.453 e. The highest BCUT2D eigenvalue weighted by Gasteiger charge is 2.60. The lowest BCUT2D eigenvalue weighted by Gasteiger charge is -2.33. The van der Waals surface area contributed by atoms with E-state index in [2.05, 4.69) is 14.7 Å². The maximum Gasteiger partial charge on any atom is 0.410 e. The molecule has 0 spiro atoms. The maximum atomic E-state index is 13.8. The number of nitrogens with one attached hydrogen (secondary N) is 1. The average Bonchev–Trinajstić information content (AvgIpc) is 3.44. The van der Waals surface area contributed by atoms with Gasteiger partial charge in [-0.1, -0.05) is 0 Å². The van der Waals surface area contributed by atoms with E-state index in [-0.39, 0.29) is 30.5 Å². The van der Waals surface area contributed by atoms with Crippen LogP contribution in [0, 0.1) is 11.7 Å². The van der Waals surface area contributed by atoms with E-state index in [9.17, 15) is 26.4 Å². The maximum absolute atomic E-state index is 13.8. The molecule has 9 nitrogen and oxygen atoms in total. The predicted octanol–water partition coefficient (Wildman–Crippen LogP) is 2.61. The summed E-state index contributed by atoms with van der Waals surface area (Å²) in [7, 11) is -2.68. The number of methoxy groups -OCH3 is 1. The second-order valence-electron chi connectivity index (χ2n) is 9.91. The zero-order valence-corrected chi connectivity index (χ0v) is 20.7. The van der Waals surface area contributed by atoms with Crippen molar-refractivity contribution in [1.82, 2.24) is 19.6 Å². The average molecular weight is 521 g/mol. The molecule has 2 aliphatic carbocycles. The van der Waals surface area contributed by atoms with Gasteiger partial charge in [-0.2, -0.15) is 0 Å². The van der Waals surface area contributed by atoms with Crippen LogP contribution in [-0.2, 0) is 24.9 Å². The Kier molecular flexibility index (Phi) is 7.31. The SMILES string of the molecule is COC(=O)N1C(C(F)F)C[C@H](NS(=O)(=O)C(C)C)[C@@H]1COC1CCC2(c3ncc(F)cn3)CC2C1. The molecular weight excluding hydrogens is 489 g/mol. The first-order chi connectivity index (χ1) is 16.5. The number of ether oxygens (including phenoxy) is 2. The fourth-order valence-corrected chi connectivity index (χ4v) is 6.38. The van der Waals surface area contributed by atoms with Crippen molar-refractivity contribution in [2.45, 2.75) is 87.3 Å². The lowest BCUT2D eigenvalue weighted by Crippen LogP contribution is -2.52. The van der Waals surface area contributed by atoms with Gasteiger partial charge in [0.2, 0.25) is 10.0 Å². The van der Waals surface area contributed by atoms with E-state index in [4.69, 9.17) is 9.47 Å². The molecule has 3 aliphatic rings. The number of nitrogens with zero attached hydrogens (tertiary/aromatic N) is 3. The van der Waals surface area contributed by atoms with E-state index in [1.165, 1.54) is 13.8 Å². The Hall–Kier alpha value is -1.99. The Morgan fingerprint density at radius 3 is 2.54 bits per heavy atom. The molecule has 1 aromatic rings. The van der Waals surface area contributed by atoms with Crippen LogP contribution in [0.2, 0.25) is 0 Å². The van der Waals surface area contributed by atoms with Crippen molar-refractivity contribution in [2.24, 2.45) is 5.92 Å². The number of rotatable bonds is 8. The van der Waals surface area contributed by atoms with Gasteiger partial charge in [0.25, 0.3) is 6.43 Å². The van der Waals surface area contributed by atoms with Crippen LogP contribution in [0.25, 0.3) is 0 Å². The van der Waals surface area contributed by atoms with Crippen molar-refractivity contribution >= 4 is 16.1 Å². The Morgan fingerprint density at radius 2 is 1.97 bits per heavy atom. The Morgan fingerprint density at radius 1 is 1.29 bits per heavy atom. The second kappa shape index (κ2) is 9.81. The predicted molar refractivity (Wildman–Crippen MR) is 119 cm³/mol. The molecule has 1 saturated heterocycles. The lowest BCUT2D eigenvalue weighted by molar-refractivity contribution is -0.0239. The molecule has 35 heavy (non-hydrogen) atoms. The molecule has 196 valence electrons. The van der Waals surface area contributed by atoms with Crippen molar-refractivity contribution in [1.29, 1.82) is 0 Å². The molecule has 2 heterocycles. The van der Waals surface area contributed by atoms with Crippen LogP contribution in [0.15, 0.2) is 12.4 Å². The summed E-state index contributed by atoms with van der Waals surface area (Å²) < 4.78 is 79.1. The zero-order valence-electron chi connectivity index (χ0n) is 19.9. The summed E-state index contributed by atoms with van der Waals surface area (Å²) in [6.45, 7) is 2.86. The van der Waals surface area contributed by atoms with Crippen LogP contribution in [0.4, 0.5) is 18.0 Å². The minimum absolute atomic E-state index is 0.110. The van der Waals surface area contributed by atoms with Gasteiger partial charge in [-0.25, -0.2) is 41.1 Å². The molecule has 1 aliphatic heterocycles. The van der Waals surface area contributed by atoms with Gasteiger partial charge in [0, 0.05) is 11.5 Å². The molecular formula is C22H31F3N4O5S. The number of hydrogen-bond donors (Lipinski definition) is 1. The molecule has 0 radical (unpaired) electrons. The van der Waals surface area contributed by atoms with Crippen molar-refractivity contribution < 1.29 is 35.9 Å². The van der Waals surface area contributed by atoms with Crippen LogP contribution in [0.3, 0.4) is 0 Å². The minimum atomic E-state index is -3.78. The van der Waals surface area contributed by atoms with Gasteiger partial charge >= 0.3 is 6.09 Å². The molecule has 1 aromatic heterocycles. The fourth-order valence-electron chi connectivity index (χ4n) is 5.43. The van der Waals surface area contributed by atoms with Crippen LogP contribution in [0.1, 0.15) is 51.8 Å². The third-order valence-corrected chi connectivity index (χ3v) is 9.42. The van der Waals surface area contributed by atoms with Crippen molar-refractivity contribution in [3.8, 4) is 0 Å². The van der Waals surface area contributed by atoms with Crippen molar-refractivity contribution in [2.75, 3.05) is 13.7 Å². The minimum Gasteiger partial charge on any atom is -0.453 e. The number of fused-ring (bicyclic) bond motifs is 1. The molecule has 0 aromatic carbocycles. The van der Waals surface area contributed by atoms with E-state index < -0.39 is 51.7 Å². The van der Waals surface area contributed by atoms with Gasteiger partial charge in [-0.3, -0.25) is 4.90 Å². The van der Waals surface area contributed by atoms with Gasteiger partial charge in [-0.15, -0.1) is 0 Å². The number of halogens is 3. The molecule has 1 N–H and O–H groups in total. The molecule has 2 saturated carbocycles. The Balaban J connectivity index is 1.45. The summed E-state index contributed by atoms with van der Waals surface area (Å²) in [5.41, 5.74) is -0.185. The zero-order chi connectivity index (χ0) is 25.5. The number of carbonyl (C=O) groups is 1. The first-order valence-corrected chi connectivity index (χ1v) is 13.3. The summed E-state index contributed by atoms with van der Waals surface area (Å²) in [6, 6.07) is -3.37. The molecule has 6 atom stereocenters. The molecule has 3 fully saturated rings. The molecule has 4 rings (SSSR count). The van der Waals surface area contributed by atoms with Gasteiger partial charge in [0.05, 0.1) is 49.5 Å². The Bertz CT molecular complexity index is 1030. The first kappa shape index (κ1) is 26.1. The van der Waals surface area contributed by atoms with E-state index in [0.717, 1.165) is 37.2 Å². The summed E-state index contributed by atoms with van der Waals surface area (Å²) in [4.78, 5) is 21.6. The number of amides is 1. The third kappa shape index (κ3) is 5.12. The number of alkyl halides is 2. The number of aromatic nitrogens is 2. The Labute approximate surface area is 202 Å². The number of carbonyl (C=O) groups excluding carboxylic acids is 1. The third-order valence-electron chi connectivity index (χ3n) is 7.55. The van der Waals surface area contributed by atoms with Crippen LogP contribution >= 0.6 is 0 Å². The van der Waals surface area contributed by atoms with Crippen molar-refractivity contribution in [3.63, 3.8) is 0 Å². The van der Waals surface area contributed by atoms with E-state index in [1.54, 1.807) is 0 Å². The molecule has 1 amide bonds. The molecule has 4 unspecified atom stereocenters. The van der Waals surface area contributed by atoms with Gasteiger partial charge < -0.3 is 9.47 Å². The summed E-state index contributed by atoms with van der Waals surface area (Å²) >= 11 is 0. The quantitative estimate of drug-likeness (QED) is 0.561. The second-order valence-corrected chi connectivity index (χ2v) is 12.2. The topological polar surface area (TPSA) is 111 Å². The summed E-state index contributed by atoms with van der Waals surface area (Å²) in [5, 5.41) is -0.767. The standard InChI is InChI=1S/C22H31F3N4O5S/c1-12(2)35(31,32)28-16-7-17(19(24)25)29(21(30)33-3)18(16)11-34-15-4-5-22(8-13(22)6-15)20-26-9-14(23)10-27-20/h9-10,12-13,15-19,28H,4-8,11H2,1-3H3/t13?,15?,16-,17?,18-,22?/m0/s1. The molecule has 0 bridgehead atoms. The van der Waals surface area contributed by atoms with Crippen LogP contribution in [-0.4, -0.2) is 79.0 Å². The number of hydrogen-bond acceptors (Lipinski definition) is 7. The highest BCUT2D eigenvalue weighted by molar-refractivity contribution is 7.90. The van der Waals surface area contributed by atoms with Gasteiger partial charge in [0.1, 0.15) is 5.82 Å². The first-order valence-electron chi connectivity index (χ1n) is 11.7. The fraction of sp³-hybridized carbons (Fsp3) is 0.773. The van der Waals surface area contributed by atoms with E-state index >= 15 is 0 Å². The highest BCUT2D eigenvalue weighted by Crippen LogP contribution is 2.61. The summed E-state index contributed by atoms with van der Waals surface area (Å²) in [5.74, 6) is 0.393. The highest BCUT2D eigenvalue weighted by atomic mass is 32.2. The smallest absolute Gasteiger partial charge is 0.410 e. The summed E-state index contributed by atoms with van der Waals surface area (Å²) in [6.07, 6.45) is 1.01. The van der Waals surface area contributed by atoms with E-state index in [1.807, 2.05) is 0 Å². The van der Waals surface area contributed by atoms with Crippen LogP contribution < -0.4 is 4.72 Å². The molecule has 13 heteroatoms. The van der Waals surface area contributed by atoms with Gasteiger partial charge in [0.15, 0.2) is 5.82 Å². The normalized spacial score (nSPS) is 32.7.